The summed E-state index contributed by atoms with van der Waals surface area (Å²) in [6, 6.07) is 17.9. The second-order valence-corrected chi connectivity index (χ2v) is 6.42. The van der Waals surface area contributed by atoms with Crippen LogP contribution in [0, 0.1) is 6.92 Å². The summed E-state index contributed by atoms with van der Waals surface area (Å²) in [7, 11) is 0. The average Bonchev–Trinajstić information content (AvgIpc) is 3.30. The first-order chi connectivity index (χ1) is 12.3. The highest BCUT2D eigenvalue weighted by atomic mass is 32.2. The van der Waals surface area contributed by atoms with Gasteiger partial charge in [-0.05, 0) is 25.1 Å². The minimum Gasteiger partial charge on any atom is -0.338 e. The summed E-state index contributed by atoms with van der Waals surface area (Å²) in [5.41, 5.74) is 3.08. The van der Waals surface area contributed by atoms with Crippen molar-refractivity contribution in [2.45, 2.75) is 17.8 Å². The van der Waals surface area contributed by atoms with Crippen molar-refractivity contribution >= 4 is 11.8 Å². The number of benzene rings is 2. The van der Waals surface area contributed by atoms with E-state index in [9.17, 15) is 0 Å². The van der Waals surface area contributed by atoms with Gasteiger partial charge in [-0.15, -0.1) is 5.10 Å². The van der Waals surface area contributed by atoms with Gasteiger partial charge in [-0.2, -0.15) is 4.98 Å². The molecular formula is C18H15N5OS. The first-order valence-corrected chi connectivity index (χ1v) is 8.76. The number of hydrogen-bond donors (Lipinski definition) is 0. The van der Waals surface area contributed by atoms with Gasteiger partial charge >= 0.3 is 0 Å². The van der Waals surface area contributed by atoms with Crippen molar-refractivity contribution in [1.82, 2.24) is 24.9 Å². The Bertz CT molecular complexity index is 980. The van der Waals surface area contributed by atoms with E-state index in [0.29, 0.717) is 22.6 Å². The third kappa shape index (κ3) is 3.61. The van der Waals surface area contributed by atoms with Gasteiger partial charge in [0, 0.05) is 5.56 Å². The molecular weight excluding hydrogens is 334 g/mol. The molecule has 4 rings (SSSR count). The number of thioether (sulfide) groups is 1. The minimum atomic E-state index is 0.525. The summed E-state index contributed by atoms with van der Waals surface area (Å²) in [6.45, 7) is 2.04. The fraction of sp³-hybridized carbons (Fsp3) is 0.111. The van der Waals surface area contributed by atoms with E-state index < -0.39 is 0 Å². The van der Waals surface area contributed by atoms with Gasteiger partial charge in [0.05, 0.1) is 11.4 Å². The number of aromatic nitrogens is 5. The maximum Gasteiger partial charge on any atom is 0.237 e. The summed E-state index contributed by atoms with van der Waals surface area (Å²) in [5, 5.41) is 9.16. The SMILES string of the molecule is Cc1cccc(-c2noc(CSc3ncn(-c4ccccc4)n3)n2)c1. The van der Waals surface area contributed by atoms with Gasteiger partial charge in [-0.3, -0.25) is 0 Å². The molecule has 0 aliphatic carbocycles. The van der Waals surface area contributed by atoms with Crippen molar-refractivity contribution in [3.8, 4) is 17.1 Å². The predicted molar refractivity (Wildman–Crippen MR) is 95.4 cm³/mol. The Balaban J connectivity index is 1.43. The van der Waals surface area contributed by atoms with Gasteiger partial charge < -0.3 is 4.52 Å². The average molecular weight is 349 g/mol. The van der Waals surface area contributed by atoms with Crippen molar-refractivity contribution < 1.29 is 4.52 Å². The molecule has 0 N–H and O–H groups in total. The molecule has 2 heterocycles. The number of para-hydroxylation sites is 1. The fourth-order valence-electron chi connectivity index (χ4n) is 2.36. The van der Waals surface area contributed by atoms with E-state index in [1.165, 1.54) is 11.8 Å². The molecule has 0 saturated carbocycles. The quantitative estimate of drug-likeness (QED) is 0.509. The summed E-state index contributed by atoms with van der Waals surface area (Å²) >= 11 is 1.46. The van der Waals surface area contributed by atoms with Gasteiger partial charge in [0.15, 0.2) is 0 Å². The van der Waals surface area contributed by atoms with Crippen LogP contribution in [0.5, 0.6) is 0 Å². The molecule has 2 aromatic heterocycles. The molecule has 0 unspecified atom stereocenters. The van der Waals surface area contributed by atoms with Crippen LogP contribution in [-0.4, -0.2) is 24.9 Å². The molecule has 0 atom stereocenters. The van der Waals surface area contributed by atoms with Crippen molar-refractivity contribution in [2.75, 3.05) is 0 Å². The van der Waals surface area contributed by atoms with Crippen LogP contribution >= 0.6 is 11.8 Å². The Hall–Kier alpha value is -2.93. The third-order valence-corrected chi connectivity index (χ3v) is 4.40. The maximum atomic E-state index is 5.33. The highest BCUT2D eigenvalue weighted by Crippen LogP contribution is 2.22. The molecule has 0 spiro atoms. The second-order valence-electron chi connectivity index (χ2n) is 5.48. The fourth-order valence-corrected chi connectivity index (χ4v) is 3.00. The zero-order valence-electron chi connectivity index (χ0n) is 13.5. The molecule has 4 aromatic rings. The number of rotatable bonds is 5. The topological polar surface area (TPSA) is 69.6 Å². The zero-order valence-corrected chi connectivity index (χ0v) is 14.3. The summed E-state index contributed by atoms with van der Waals surface area (Å²) < 4.78 is 7.07. The van der Waals surface area contributed by atoms with Crippen LogP contribution in [0.2, 0.25) is 0 Å². The molecule has 0 saturated heterocycles. The van der Waals surface area contributed by atoms with E-state index in [4.69, 9.17) is 4.52 Å². The molecule has 0 aliphatic rings. The number of nitrogens with zero attached hydrogens (tertiary/aromatic N) is 5. The third-order valence-electron chi connectivity index (χ3n) is 3.56. The van der Waals surface area contributed by atoms with Gasteiger partial charge in [0.1, 0.15) is 6.33 Å². The van der Waals surface area contributed by atoms with E-state index in [1.54, 1.807) is 11.0 Å². The van der Waals surface area contributed by atoms with Gasteiger partial charge in [0.2, 0.25) is 16.9 Å². The molecule has 124 valence electrons. The first kappa shape index (κ1) is 15.6. The van der Waals surface area contributed by atoms with Crippen LogP contribution in [-0.2, 0) is 5.75 Å². The van der Waals surface area contributed by atoms with Crippen LogP contribution in [0.4, 0.5) is 0 Å². The predicted octanol–water partition coefficient (Wildman–Crippen LogP) is 3.92. The smallest absolute Gasteiger partial charge is 0.237 e. The lowest BCUT2D eigenvalue weighted by Gasteiger charge is -1.97. The Labute approximate surface area is 148 Å². The zero-order chi connectivity index (χ0) is 17.1. The molecule has 0 radical (unpaired) electrons. The lowest BCUT2D eigenvalue weighted by Crippen LogP contribution is -1.93. The summed E-state index contributed by atoms with van der Waals surface area (Å²) in [4.78, 5) is 8.75. The van der Waals surface area contributed by atoms with E-state index in [0.717, 1.165) is 16.8 Å². The van der Waals surface area contributed by atoms with Crippen LogP contribution in [0.3, 0.4) is 0 Å². The molecule has 0 bridgehead atoms. The van der Waals surface area contributed by atoms with E-state index in [1.807, 2.05) is 61.5 Å². The summed E-state index contributed by atoms with van der Waals surface area (Å²) in [5.74, 6) is 1.68. The van der Waals surface area contributed by atoms with Crippen LogP contribution in [0.25, 0.3) is 17.1 Å². The Morgan fingerprint density at radius 3 is 2.80 bits per heavy atom. The Kier molecular flexibility index (Phi) is 4.30. The molecule has 0 amide bonds. The number of hydrogen-bond acceptors (Lipinski definition) is 6. The van der Waals surface area contributed by atoms with Gasteiger partial charge in [-0.1, -0.05) is 58.9 Å². The Morgan fingerprint density at radius 1 is 1.08 bits per heavy atom. The number of aryl methyl sites for hydroxylation is 1. The molecule has 6 nitrogen and oxygen atoms in total. The largest absolute Gasteiger partial charge is 0.338 e. The van der Waals surface area contributed by atoms with Gasteiger partial charge in [-0.25, -0.2) is 9.67 Å². The van der Waals surface area contributed by atoms with Gasteiger partial charge in [0.25, 0.3) is 0 Å². The van der Waals surface area contributed by atoms with E-state index >= 15 is 0 Å². The lowest BCUT2D eigenvalue weighted by molar-refractivity contribution is 0.391. The molecule has 2 aromatic carbocycles. The van der Waals surface area contributed by atoms with Crippen LogP contribution in [0.15, 0.2) is 70.6 Å². The van der Waals surface area contributed by atoms with Crippen LogP contribution < -0.4 is 0 Å². The Morgan fingerprint density at radius 2 is 1.96 bits per heavy atom. The van der Waals surface area contributed by atoms with Crippen molar-refractivity contribution in [3.63, 3.8) is 0 Å². The molecule has 0 aliphatic heterocycles. The molecule has 0 fully saturated rings. The highest BCUT2D eigenvalue weighted by Gasteiger charge is 2.11. The highest BCUT2D eigenvalue weighted by molar-refractivity contribution is 7.98. The van der Waals surface area contributed by atoms with Crippen molar-refractivity contribution in [1.29, 1.82) is 0 Å². The van der Waals surface area contributed by atoms with Crippen molar-refractivity contribution in [2.24, 2.45) is 0 Å². The summed E-state index contributed by atoms with van der Waals surface area (Å²) in [6.07, 6.45) is 1.70. The maximum absolute atomic E-state index is 5.33. The first-order valence-electron chi connectivity index (χ1n) is 7.77. The van der Waals surface area contributed by atoms with E-state index in [2.05, 4.69) is 20.2 Å². The monoisotopic (exact) mass is 349 g/mol. The molecule has 7 heteroatoms. The van der Waals surface area contributed by atoms with Crippen molar-refractivity contribution in [3.05, 3.63) is 72.4 Å². The van der Waals surface area contributed by atoms with Crippen LogP contribution in [0.1, 0.15) is 11.5 Å². The standard InChI is InChI=1S/C18H15N5OS/c1-13-6-5-7-14(10-13)17-20-16(24-22-17)11-25-18-19-12-23(21-18)15-8-3-2-4-9-15/h2-10,12H,11H2,1H3. The normalized spacial score (nSPS) is 10.9. The van der Waals surface area contributed by atoms with E-state index in [-0.39, 0.29) is 0 Å². The minimum absolute atomic E-state index is 0.525. The molecule has 25 heavy (non-hydrogen) atoms. The lowest BCUT2D eigenvalue weighted by atomic mass is 10.1. The second kappa shape index (κ2) is 6.90.